The van der Waals surface area contributed by atoms with E-state index in [-0.39, 0.29) is 5.75 Å². The summed E-state index contributed by atoms with van der Waals surface area (Å²) in [4.78, 5) is 17.8. The van der Waals surface area contributed by atoms with E-state index >= 15 is 0 Å². The summed E-state index contributed by atoms with van der Waals surface area (Å²) in [5, 5.41) is 3.54. The molecule has 0 bridgehead atoms. The van der Waals surface area contributed by atoms with Gasteiger partial charge in [0.2, 0.25) is 17.8 Å². The minimum Gasteiger partial charge on any atom is -0.494 e. The van der Waals surface area contributed by atoms with Crippen LogP contribution in [-0.2, 0) is 7.05 Å². The van der Waals surface area contributed by atoms with Gasteiger partial charge < -0.3 is 19.9 Å². The Balaban J connectivity index is 1.69. The van der Waals surface area contributed by atoms with Gasteiger partial charge in [-0.05, 0) is 25.0 Å². The molecule has 2 heterocycles. The van der Waals surface area contributed by atoms with Crippen molar-refractivity contribution in [1.29, 1.82) is 0 Å². The van der Waals surface area contributed by atoms with Crippen molar-refractivity contribution in [3.05, 3.63) is 48.5 Å². The van der Waals surface area contributed by atoms with Gasteiger partial charge in [-0.3, -0.25) is 0 Å². The first-order valence-corrected chi connectivity index (χ1v) is 11.7. The Kier molecular flexibility index (Phi) is 7.40. The number of nitrogens with one attached hydrogen (secondary N) is 1. The van der Waals surface area contributed by atoms with Crippen LogP contribution in [0.5, 0.6) is 5.75 Å². The molecule has 0 saturated heterocycles. The van der Waals surface area contributed by atoms with Crippen molar-refractivity contribution >= 4 is 29.2 Å². The zero-order valence-electron chi connectivity index (χ0n) is 20.3. The molecule has 1 saturated carbocycles. The van der Waals surface area contributed by atoms with Crippen molar-refractivity contribution in [1.82, 2.24) is 15.0 Å². The number of rotatable bonds is 7. The number of hydrogen-bond acceptors (Lipinski definition) is 7. The summed E-state index contributed by atoms with van der Waals surface area (Å²) in [5.74, 6) is 1.23. The molecule has 0 unspecified atom stereocenters. The van der Waals surface area contributed by atoms with E-state index < -0.39 is 5.82 Å². The quantitative estimate of drug-likeness (QED) is 0.406. The van der Waals surface area contributed by atoms with Gasteiger partial charge in [0.05, 0.1) is 12.8 Å². The third-order valence-corrected chi connectivity index (χ3v) is 6.27. The number of benzene rings is 1. The van der Waals surface area contributed by atoms with Crippen molar-refractivity contribution in [3.8, 4) is 5.75 Å². The number of pyridine rings is 1. The summed E-state index contributed by atoms with van der Waals surface area (Å²) >= 11 is 0. The molecule has 9 heteroatoms. The van der Waals surface area contributed by atoms with Gasteiger partial charge in [0.15, 0.2) is 24.0 Å². The summed E-state index contributed by atoms with van der Waals surface area (Å²) in [6.07, 6.45) is 11.1. The van der Waals surface area contributed by atoms with E-state index in [1.54, 1.807) is 17.0 Å². The third kappa shape index (κ3) is 5.52. The standard InChI is InChI=1S/C25H33FN7O/c1-31-15-13-19(14-16-31)32(2)24-28-23(27-18-9-7-5-6-8-10-18)29-25(30-24)33(3)20-11-12-22(34-4)21(26)17-20/h11-18H,5-10H2,1-4H3,(H,27,28,29,30)/q+1. The second kappa shape index (κ2) is 10.6. The molecule has 34 heavy (non-hydrogen) atoms. The van der Waals surface area contributed by atoms with Gasteiger partial charge in [0.1, 0.15) is 7.05 Å². The van der Waals surface area contributed by atoms with Crippen LogP contribution in [0.1, 0.15) is 38.5 Å². The molecule has 1 aliphatic rings. The highest BCUT2D eigenvalue weighted by Gasteiger charge is 2.19. The first-order valence-electron chi connectivity index (χ1n) is 11.7. The van der Waals surface area contributed by atoms with Crippen LogP contribution in [0, 0.1) is 5.82 Å². The van der Waals surface area contributed by atoms with E-state index in [9.17, 15) is 4.39 Å². The average molecular weight is 467 g/mol. The Bertz CT molecular complexity index is 1100. The lowest BCUT2D eigenvalue weighted by Gasteiger charge is -2.23. The highest BCUT2D eigenvalue weighted by molar-refractivity contribution is 5.62. The molecule has 4 rings (SSSR count). The molecule has 0 aliphatic heterocycles. The topological polar surface area (TPSA) is 70.3 Å². The van der Waals surface area contributed by atoms with Gasteiger partial charge in [0.25, 0.3) is 0 Å². The molecule has 0 amide bonds. The van der Waals surface area contributed by atoms with E-state index in [1.807, 2.05) is 55.1 Å². The van der Waals surface area contributed by atoms with Crippen LogP contribution in [0.3, 0.4) is 0 Å². The molecule has 1 aromatic carbocycles. The molecule has 3 aromatic rings. The summed E-state index contributed by atoms with van der Waals surface area (Å²) < 4.78 is 21.4. The number of methoxy groups -OCH3 is 1. The third-order valence-electron chi connectivity index (χ3n) is 6.27. The first-order chi connectivity index (χ1) is 16.4. The maximum absolute atomic E-state index is 14.4. The fourth-order valence-electron chi connectivity index (χ4n) is 4.14. The van der Waals surface area contributed by atoms with Gasteiger partial charge in [-0.15, -0.1) is 0 Å². The Morgan fingerprint density at radius 1 is 0.912 bits per heavy atom. The summed E-state index contributed by atoms with van der Waals surface area (Å²) in [6.45, 7) is 0. The van der Waals surface area contributed by atoms with Crippen molar-refractivity contribution < 1.29 is 13.7 Å². The predicted octanol–water partition coefficient (Wildman–Crippen LogP) is 4.51. The van der Waals surface area contributed by atoms with Gasteiger partial charge in [-0.2, -0.15) is 15.0 Å². The largest absolute Gasteiger partial charge is 0.494 e. The second-order valence-electron chi connectivity index (χ2n) is 8.75. The molecule has 180 valence electrons. The molecule has 2 aromatic heterocycles. The van der Waals surface area contributed by atoms with E-state index in [4.69, 9.17) is 19.7 Å². The zero-order chi connectivity index (χ0) is 24.1. The van der Waals surface area contributed by atoms with Crippen LogP contribution < -0.4 is 24.4 Å². The number of anilines is 5. The second-order valence-corrected chi connectivity index (χ2v) is 8.75. The minimum atomic E-state index is -0.438. The van der Waals surface area contributed by atoms with Gasteiger partial charge in [-0.25, -0.2) is 8.96 Å². The SMILES string of the molecule is COc1ccc(N(C)c2nc(NC3CCCCCC3)nc(N(C)c3cc[n+](C)cc3)n2)cc1F. The molecule has 1 aliphatic carbocycles. The maximum atomic E-state index is 14.4. The zero-order valence-corrected chi connectivity index (χ0v) is 20.3. The van der Waals surface area contributed by atoms with Crippen molar-refractivity contribution in [2.75, 3.05) is 36.3 Å². The fraction of sp³-hybridized carbons (Fsp3) is 0.440. The van der Waals surface area contributed by atoms with Crippen LogP contribution >= 0.6 is 0 Å². The van der Waals surface area contributed by atoms with Crippen molar-refractivity contribution in [3.63, 3.8) is 0 Å². The molecule has 1 fully saturated rings. The molecule has 0 spiro atoms. The van der Waals surface area contributed by atoms with Gasteiger partial charge >= 0.3 is 0 Å². The normalized spacial score (nSPS) is 14.4. The average Bonchev–Trinajstić information content (AvgIpc) is 3.12. The van der Waals surface area contributed by atoms with E-state index in [2.05, 4.69) is 5.32 Å². The first kappa shape index (κ1) is 23.7. The predicted molar refractivity (Wildman–Crippen MR) is 132 cm³/mol. The van der Waals surface area contributed by atoms with E-state index in [0.29, 0.717) is 29.6 Å². The summed E-state index contributed by atoms with van der Waals surface area (Å²) in [5.41, 5.74) is 1.57. The highest BCUT2D eigenvalue weighted by Crippen LogP contribution is 2.29. The fourth-order valence-corrected chi connectivity index (χ4v) is 4.14. The number of halogens is 1. The van der Waals surface area contributed by atoms with Crippen LogP contribution in [0.25, 0.3) is 0 Å². The number of hydrogen-bond donors (Lipinski definition) is 1. The summed E-state index contributed by atoms with van der Waals surface area (Å²) in [7, 11) is 7.17. The Labute approximate surface area is 200 Å². The Hall–Kier alpha value is -3.49. The lowest BCUT2D eigenvalue weighted by atomic mass is 10.1. The van der Waals surface area contributed by atoms with Crippen LogP contribution in [0.15, 0.2) is 42.7 Å². The van der Waals surface area contributed by atoms with Gasteiger partial charge in [-0.1, -0.05) is 25.7 Å². The number of ether oxygens (including phenoxy) is 1. The van der Waals surface area contributed by atoms with Crippen LogP contribution in [0.2, 0.25) is 0 Å². The molecule has 1 N–H and O–H groups in total. The van der Waals surface area contributed by atoms with E-state index in [0.717, 1.165) is 18.5 Å². The number of aromatic nitrogens is 4. The summed E-state index contributed by atoms with van der Waals surface area (Å²) in [6, 6.07) is 9.14. The smallest absolute Gasteiger partial charge is 0.236 e. The number of nitrogens with zero attached hydrogens (tertiary/aromatic N) is 6. The Morgan fingerprint density at radius 3 is 2.12 bits per heavy atom. The molecule has 8 nitrogen and oxygen atoms in total. The molecule has 0 radical (unpaired) electrons. The molecular formula is C25H33FN7O+. The highest BCUT2D eigenvalue weighted by atomic mass is 19.1. The van der Waals surface area contributed by atoms with Crippen molar-refractivity contribution in [2.24, 2.45) is 7.05 Å². The molecule has 0 atom stereocenters. The maximum Gasteiger partial charge on any atom is 0.236 e. The Morgan fingerprint density at radius 2 is 1.53 bits per heavy atom. The van der Waals surface area contributed by atoms with Crippen LogP contribution in [-0.4, -0.2) is 42.2 Å². The molecular weight excluding hydrogens is 433 g/mol. The van der Waals surface area contributed by atoms with Gasteiger partial charge in [0, 0.05) is 44.0 Å². The van der Waals surface area contributed by atoms with E-state index in [1.165, 1.54) is 38.9 Å². The van der Waals surface area contributed by atoms with Crippen molar-refractivity contribution in [2.45, 2.75) is 44.6 Å². The lowest BCUT2D eigenvalue weighted by molar-refractivity contribution is -0.671. The van der Waals surface area contributed by atoms with Crippen LogP contribution in [0.4, 0.5) is 33.6 Å². The number of aryl methyl sites for hydroxylation is 1. The monoisotopic (exact) mass is 466 g/mol. The lowest BCUT2D eigenvalue weighted by Crippen LogP contribution is -2.27. The minimum absolute atomic E-state index is 0.196.